The van der Waals surface area contributed by atoms with Crippen LogP contribution in [0.4, 0.5) is 0 Å². The van der Waals surface area contributed by atoms with Gasteiger partial charge in [0, 0.05) is 12.8 Å². The van der Waals surface area contributed by atoms with Crippen molar-refractivity contribution in [2.24, 2.45) is 0 Å². The second-order valence-electron chi connectivity index (χ2n) is 20.4. The first-order valence-electron chi connectivity index (χ1n) is 29.1. The summed E-state index contributed by atoms with van der Waals surface area (Å²) in [7, 11) is 1.44. The molecule has 0 saturated heterocycles. The minimum Gasteiger partial charge on any atom is -0.456 e. The Balaban J connectivity index is 5.44. The summed E-state index contributed by atoms with van der Waals surface area (Å²) in [6.45, 7) is 6.82. The molecule has 0 aliphatic rings. The van der Waals surface area contributed by atoms with E-state index in [4.69, 9.17) is 13.8 Å². The fourth-order valence-corrected chi connectivity index (χ4v) is 8.52. The number of esters is 1. The number of phosphoric ester groups is 1. The molecular formula is C62H110N2O7P+. The van der Waals surface area contributed by atoms with Gasteiger partial charge in [-0.2, -0.15) is 0 Å². The fourth-order valence-electron chi connectivity index (χ4n) is 7.78. The Labute approximate surface area is 443 Å². The molecule has 2 N–H and O–H groups in total. The molecule has 72 heavy (non-hydrogen) atoms. The zero-order chi connectivity index (χ0) is 52.9. The van der Waals surface area contributed by atoms with Crippen molar-refractivity contribution in [2.75, 3.05) is 40.9 Å². The van der Waals surface area contributed by atoms with Crippen molar-refractivity contribution in [3.8, 4) is 0 Å². The van der Waals surface area contributed by atoms with Gasteiger partial charge in [0.1, 0.15) is 19.3 Å². The number of hydrogen-bond donors (Lipinski definition) is 2. The number of phosphoric acid groups is 1. The van der Waals surface area contributed by atoms with Crippen LogP contribution in [0.25, 0.3) is 0 Å². The van der Waals surface area contributed by atoms with Crippen LogP contribution in [-0.2, 0) is 27.9 Å². The van der Waals surface area contributed by atoms with Crippen LogP contribution in [0.5, 0.6) is 0 Å². The molecular weight excluding hydrogens is 916 g/mol. The van der Waals surface area contributed by atoms with Crippen molar-refractivity contribution in [1.29, 1.82) is 0 Å². The number of allylic oxidation sites excluding steroid dienone is 15. The molecule has 0 spiro atoms. The van der Waals surface area contributed by atoms with Gasteiger partial charge in [0.15, 0.2) is 0 Å². The Kier molecular flexibility index (Phi) is 49.2. The Morgan fingerprint density at radius 1 is 0.500 bits per heavy atom. The summed E-state index contributed by atoms with van der Waals surface area (Å²) >= 11 is 0. The van der Waals surface area contributed by atoms with E-state index < -0.39 is 25.9 Å². The third-order valence-corrected chi connectivity index (χ3v) is 13.3. The molecule has 0 aliphatic heterocycles. The summed E-state index contributed by atoms with van der Waals surface area (Å²) < 4.78 is 30.5. The molecule has 9 nitrogen and oxygen atoms in total. The van der Waals surface area contributed by atoms with Crippen molar-refractivity contribution in [1.82, 2.24) is 5.32 Å². The van der Waals surface area contributed by atoms with E-state index in [-0.39, 0.29) is 25.5 Å². The molecule has 0 aromatic carbocycles. The van der Waals surface area contributed by atoms with Gasteiger partial charge in [0.25, 0.3) is 0 Å². The number of nitrogens with zero attached hydrogens (tertiary/aromatic N) is 1. The van der Waals surface area contributed by atoms with Crippen LogP contribution in [-0.4, -0.2) is 74.3 Å². The molecule has 0 rings (SSSR count). The predicted octanol–water partition coefficient (Wildman–Crippen LogP) is 17.6. The largest absolute Gasteiger partial charge is 0.472 e. The summed E-state index contributed by atoms with van der Waals surface area (Å²) in [4.78, 5) is 37.5. The Hall–Kier alpha value is -3.07. The molecule has 0 aliphatic carbocycles. The molecule has 0 saturated carbocycles. The van der Waals surface area contributed by atoms with E-state index in [1.165, 1.54) is 96.3 Å². The molecule has 1 amide bonds. The maximum atomic E-state index is 13.5. The summed E-state index contributed by atoms with van der Waals surface area (Å²) in [5, 5.41) is 3.02. The molecule has 0 radical (unpaired) electrons. The highest BCUT2D eigenvalue weighted by molar-refractivity contribution is 7.47. The Morgan fingerprint density at radius 3 is 1.36 bits per heavy atom. The quantitative estimate of drug-likeness (QED) is 0.0205. The Morgan fingerprint density at radius 2 is 0.903 bits per heavy atom. The molecule has 0 bridgehead atoms. The number of unbranched alkanes of at least 4 members (excludes halogenated alkanes) is 21. The van der Waals surface area contributed by atoms with Crippen molar-refractivity contribution < 1.29 is 37.3 Å². The van der Waals surface area contributed by atoms with E-state index in [1.807, 2.05) is 45.4 Å². The van der Waals surface area contributed by atoms with E-state index in [2.05, 4.69) is 99.0 Å². The predicted molar refractivity (Wildman–Crippen MR) is 309 cm³/mol. The lowest BCUT2D eigenvalue weighted by atomic mass is 10.1. The average Bonchev–Trinajstić information content (AvgIpc) is 3.34. The van der Waals surface area contributed by atoms with Crippen LogP contribution in [0.1, 0.15) is 233 Å². The van der Waals surface area contributed by atoms with Gasteiger partial charge in [-0.1, -0.05) is 221 Å². The molecule has 0 aromatic rings. The average molecular weight is 1030 g/mol. The number of nitrogens with one attached hydrogen (secondary N) is 1. The van der Waals surface area contributed by atoms with Gasteiger partial charge in [0.05, 0.1) is 33.8 Å². The number of quaternary nitrogens is 1. The lowest BCUT2D eigenvalue weighted by Gasteiger charge is -2.27. The number of carbonyl (C=O) groups excluding carboxylic acids is 2. The minimum atomic E-state index is -4.47. The Bertz CT molecular complexity index is 1560. The summed E-state index contributed by atoms with van der Waals surface area (Å²) in [5.74, 6) is -0.618. The molecule has 3 atom stereocenters. The molecule has 0 aromatic heterocycles. The van der Waals surface area contributed by atoms with Crippen molar-refractivity contribution >= 4 is 19.7 Å². The lowest BCUT2D eigenvalue weighted by molar-refractivity contribution is -0.870. The van der Waals surface area contributed by atoms with E-state index in [0.29, 0.717) is 23.9 Å². The van der Waals surface area contributed by atoms with Gasteiger partial charge in [-0.25, -0.2) is 4.57 Å². The third kappa shape index (κ3) is 51.8. The molecule has 3 unspecified atom stereocenters. The van der Waals surface area contributed by atoms with Crippen LogP contribution in [0.15, 0.2) is 97.2 Å². The first-order valence-corrected chi connectivity index (χ1v) is 30.6. The molecule has 414 valence electrons. The van der Waals surface area contributed by atoms with E-state index in [0.717, 1.165) is 96.3 Å². The number of ether oxygens (including phenoxy) is 1. The first kappa shape index (κ1) is 68.9. The number of hydrogen-bond acceptors (Lipinski definition) is 6. The molecule has 10 heteroatoms. The number of carbonyl (C=O) groups is 2. The zero-order valence-corrected chi connectivity index (χ0v) is 48.0. The number of rotatable bonds is 51. The van der Waals surface area contributed by atoms with Gasteiger partial charge in [-0.05, 0) is 96.0 Å². The van der Waals surface area contributed by atoms with Gasteiger partial charge in [-0.3, -0.25) is 18.6 Å². The van der Waals surface area contributed by atoms with E-state index in [1.54, 1.807) is 0 Å². The highest BCUT2D eigenvalue weighted by Crippen LogP contribution is 2.43. The normalized spacial score (nSPS) is 14.5. The summed E-state index contributed by atoms with van der Waals surface area (Å²) in [5.41, 5.74) is 0. The van der Waals surface area contributed by atoms with E-state index in [9.17, 15) is 19.0 Å². The zero-order valence-electron chi connectivity index (χ0n) is 47.1. The highest BCUT2D eigenvalue weighted by Gasteiger charge is 2.30. The maximum absolute atomic E-state index is 13.5. The highest BCUT2D eigenvalue weighted by atomic mass is 31.2. The summed E-state index contributed by atoms with van der Waals surface area (Å²) in [6, 6.07) is -0.887. The minimum absolute atomic E-state index is 0.0233. The second-order valence-corrected chi connectivity index (χ2v) is 21.9. The van der Waals surface area contributed by atoms with Crippen LogP contribution in [0.2, 0.25) is 0 Å². The topological polar surface area (TPSA) is 111 Å². The van der Waals surface area contributed by atoms with Crippen LogP contribution in [0, 0.1) is 0 Å². The van der Waals surface area contributed by atoms with Gasteiger partial charge in [0.2, 0.25) is 5.91 Å². The molecule has 0 fully saturated rings. The van der Waals surface area contributed by atoms with Crippen molar-refractivity contribution in [2.45, 2.75) is 245 Å². The van der Waals surface area contributed by atoms with Crippen molar-refractivity contribution in [3.63, 3.8) is 0 Å². The third-order valence-electron chi connectivity index (χ3n) is 12.3. The van der Waals surface area contributed by atoms with Crippen molar-refractivity contribution in [3.05, 3.63) is 97.2 Å². The standard InChI is InChI=1S/C62H109N2O7P/c1-7-10-13-16-19-22-25-27-29-31-32-33-35-37-40-43-46-49-52-55-62(66)71-60(53-50-47-44-41-38-24-21-18-15-12-9-3)59(58-70-72(67,68)69-57-56-64(4,5)6)63-61(65)54-51-48-45-42-39-36-34-30-28-26-23-20-17-14-11-8-2/h10,13,19,22,27,29-30,32-34,37,40,46,49-50,53,59-60H,7-9,11-12,14-18,20-21,23-26,28,31,35-36,38-39,41-45,47-48,51-52,54-58H2,1-6H3,(H-,63,65,67,68)/p+1/b13-10-,22-19-,29-27-,33-32-,34-30+,40-37-,49-46-,53-50+. The number of likely N-dealkylation sites (N-methyl/N-ethyl adjacent to an activating group) is 1. The van der Waals surface area contributed by atoms with Crippen LogP contribution >= 0.6 is 7.82 Å². The van der Waals surface area contributed by atoms with Gasteiger partial charge < -0.3 is 19.4 Å². The number of amides is 1. The van der Waals surface area contributed by atoms with Gasteiger partial charge >= 0.3 is 13.8 Å². The smallest absolute Gasteiger partial charge is 0.456 e. The maximum Gasteiger partial charge on any atom is 0.472 e. The monoisotopic (exact) mass is 1030 g/mol. The summed E-state index contributed by atoms with van der Waals surface area (Å²) in [6.07, 6.45) is 68.5. The van der Waals surface area contributed by atoms with Gasteiger partial charge in [-0.15, -0.1) is 0 Å². The SMILES string of the molecule is CC/C=C\C/C=C\C/C=C\C/C=C\C/C=C\C/C=C\CCC(=O)OC(/C=C/CCCCCCCCCCC)C(COP(=O)(O)OCC[N+](C)(C)C)NC(=O)CCCCCCC/C=C/CCCCCCCCC. The van der Waals surface area contributed by atoms with E-state index >= 15 is 0 Å². The lowest BCUT2D eigenvalue weighted by Crippen LogP contribution is -2.47. The fraction of sp³-hybridized carbons (Fsp3) is 0.710. The van der Waals surface area contributed by atoms with Crippen LogP contribution in [0.3, 0.4) is 0 Å². The molecule has 0 heterocycles. The first-order chi connectivity index (χ1) is 34.9. The second kappa shape index (κ2) is 51.4. The van der Waals surface area contributed by atoms with Crippen LogP contribution < -0.4 is 5.32 Å².